The Morgan fingerprint density at radius 1 is 1.25 bits per heavy atom. The van der Waals surface area contributed by atoms with Gasteiger partial charge in [-0.25, -0.2) is 0 Å². The molecule has 0 atom stereocenters. The highest BCUT2D eigenvalue weighted by atomic mass is 79.9. The van der Waals surface area contributed by atoms with E-state index in [4.69, 9.17) is 9.84 Å². The molecule has 1 N–H and O–H groups in total. The van der Waals surface area contributed by atoms with Gasteiger partial charge in [0.05, 0.1) is 16.0 Å². The van der Waals surface area contributed by atoms with E-state index in [0.717, 1.165) is 10.0 Å². The third kappa shape index (κ3) is 3.15. The molecule has 0 unspecified atom stereocenters. The number of hydrogen-bond donors (Lipinski definition) is 1. The third-order valence-electron chi connectivity index (χ3n) is 2.71. The third-order valence-corrected chi connectivity index (χ3v) is 3.33. The van der Waals surface area contributed by atoms with Crippen molar-refractivity contribution in [2.45, 2.75) is 13.5 Å². The summed E-state index contributed by atoms with van der Waals surface area (Å²) in [6.45, 7) is 1.68. The van der Waals surface area contributed by atoms with Gasteiger partial charge >= 0.3 is 5.69 Å². The average Bonchev–Trinajstić information content (AvgIpc) is 2.42. The molecule has 6 heteroatoms. The van der Waals surface area contributed by atoms with E-state index >= 15 is 0 Å². The van der Waals surface area contributed by atoms with Crippen LogP contribution in [0.5, 0.6) is 11.5 Å². The van der Waals surface area contributed by atoms with E-state index in [1.807, 2.05) is 19.1 Å². The van der Waals surface area contributed by atoms with Crippen molar-refractivity contribution in [3.63, 3.8) is 0 Å². The smallest absolute Gasteiger partial charge is 0.311 e. The molecule has 0 aliphatic heterocycles. The Hall–Kier alpha value is -1.92. The van der Waals surface area contributed by atoms with Crippen LogP contribution in [-0.2, 0) is 6.61 Å². The van der Waals surface area contributed by atoms with Crippen LogP contribution < -0.4 is 4.74 Å². The number of rotatable bonds is 4. The first-order valence-electron chi connectivity index (χ1n) is 5.83. The highest BCUT2D eigenvalue weighted by molar-refractivity contribution is 9.10. The van der Waals surface area contributed by atoms with Gasteiger partial charge in [0.1, 0.15) is 5.75 Å². The summed E-state index contributed by atoms with van der Waals surface area (Å²) >= 11 is 3.36. The molecule has 0 bridgehead atoms. The first-order valence-corrected chi connectivity index (χ1v) is 6.62. The molecule has 0 spiro atoms. The first kappa shape index (κ1) is 14.5. The number of nitro groups is 1. The van der Waals surface area contributed by atoms with Crippen LogP contribution in [0.4, 0.5) is 5.69 Å². The maximum atomic E-state index is 11.1. The molecule has 0 aliphatic rings. The lowest BCUT2D eigenvalue weighted by Gasteiger charge is -2.09. The number of aliphatic hydroxyl groups is 1. The number of hydrogen-bond acceptors (Lipinski definition) is 4. The second-order valence-electron chi connectivity index (χ2n) is 4.25. The maximum absolute atomic E-state index is 11.1. The summed E-state index contributed by atoms with van der Waals surface area (Å²) in [7, 11) is 0. The van der Waals surface area contributed by atoms with Gasteiger partial charge in [-0.1, -0.05) is 12.1 Å². The zero-order valence-corrected chi connectivity index (χ0v) is 12.3. The van der Waals surface area contributed by atoms with Crippen molar-refractivity contribution in [1.29, 1.82) is 0 Å². The van der Waals surface area contributed by atoms with E-state index in [1.54, 1.807) is 12.1 Å². The molecule has 0 heterocycles. The highest BCUT2D eigenvalue weighted by Crippen LogP contribution is 2.35. The van der Waals surface area contributed by atoms with Crippen molar-refractivity contribution in [2.24, 2.45) is 0 Å². The summed E-state index contributed by atoms with van der Waals surface area (Å²) < 4.78 is 6.31. The van der Waals surface area contributed by atoms with Gasteiger partial charge in [0.2, 0.25) is 5.75 Å². The molecule has 5 nitrogen and oxygen atoms in total. The van der Waals surface area contributed by atoms with Gasteiger partial charge in [-0.05, 0) is 52.2 Å². The van der Waals surface area contributed by atoms with Crippen molar-refractivity contribution in [3.8, 4) is 11.5 Å². The summed E-state index contributed by atoms with van der Waals surface area (Å²) in [6, 6.07) is 9.83. The van der Waals surface area contributed by atoms with Gasteiger partial charge in [0.15, 0.2) is 0 Å². The predicted molar refractivity (Wildman–Crippen MR) is 78.0 cm³/mol. The lowest BCUT2D eigenvalue weighted by atomic mass is 10.2. The van der Waals surface area contributed by atoms with Crippen LogP contribution in [-0.4, -0.2) is 10.0 Å². The molecular formula is C14H12BrNO4. The molecule has 0 fully saturated rings. The number of aryl methyl sites for hydroxylation is 1. The topological polar surface area (TPSA) is 72.6 Å². The molecule has 2 rings (SSSR count). The minimum atomic E-state index is -0.531. The predicted octanol–water partition coefficient (Wildman–Crippen LogP) is 3.95. The number of nitro benzene ring substituents is 1. The lowest BCUT2D eigenvalue weighted by Crippen LogP contribution is -1.96. The average molecular weight is 338 g/mol. The van der Waals surface area contributed by atoms with Gasteiger partial charge in [-0.2, -0.15) is 0 Å². The number of aliphatic hydroxyl groups excluding tert-OH is 1. The van der Waals surface area contributed by atoms with Gasteiger partial charge in [-0.15, -0.1) is 0 Å². The van der Waals surface area contributed by atoms with E-state index in [0.29, 0.717) is 11.3 Å². The largest absolute Gasteiger partial charge is 0.449 e. The van der Waals surface area contributed by atoms with Gasteiger partial charge in [0, 0.05) is 6.07 Å². The Labute approximate surface area is 124 Å². The van der Waals surface area contributed by atoms with Gasteiger partial charge in [0.25, 0.3) is 0 Å². The monoisotopic (exact) mass is 337 g/mol. The standard InChI is InChI=1S/C14H12BrNO4/c1-9-2-4-13(11(15)6-9)20-14-5-3-10(8-17)7-12(14)16(18)19/h2-7,17H,8H2,1H3. The maximum Gasteiger partial charge on any atom is 0.311 e. The Kier molecular flexibility index (Phi) is 4.36. The molecule has 2 aromatic rings. The van der Waals surface area contributed by atoms with Crippen LogP contribution in [0.1, 0.15) is 11.1 Å². The number of nitrogens with zero attached hydrogens (tertiary/aromatic N) is 1. The number of benzene rings is 2. The second kappa shape index (κ2) is 6.02. The summed E-state index contributed by atoms with van der Waals surface area (Å²) in [5, 5.41) is 20.1. The fraction of sp³-hybridized carbons (Fsp3) is 0.143. The van der Waals surface area contributed by atoms with Crippen LogP contribution in [0.25, 0.3) is 0 Å². The van der Waals surface area contributed by atoms with Crippen LogP contribution in [0, 0.1) is 17.0 Å². The van der Waals surface area contributed by atoms with Crippen molar-refractivity contribution in [1.82, 2.24) is 0 Å². The molecular weight excluding hydrogens is 326 g/mol. The van der Waals surface area contributed by atoms with Crippen LogP contribution in [0.2, 0.25) is 0 Å². The van der Waals surface area contributed by atoms with E-state index < -0.39 is 4.92 Å². The van der Waals surface area contributed by atoms with E-state index in [-0.39, 0.29) is 18.0 Å². The molecule has 0 radical (unpaired) electrons. The first-order chi connectivity index (χ1) is 9.51. The second-order valence-corrected chi connectivity index (χ2v) is 5.11. The van der Waals surface area contributed by atoms with Gasteiger partial charge < -0.3 is 9.84 Å². The molecule has 0 aliphatic carbocycles. The van der Waals surface area contributed by atoms with Crippen LogP contribution in [0.15, 0.2) is 40.9 Å². The molecule has 0 saturated heterocycles. The zero-order chi connectivity index (χ0) is 14.7. The molecule has 20 heavy (non-hydrogen) atoms. The number of halogens is 1. The molecule has 0 aromatic heterocycles. The van der Waals surface area contributed by atoms with E-state index in [2.05, 4.69) is 15.9 Å². The lowest BCUT2D eigenvalue weighted by molar-refractivity contribution is -0.385. The quantitative estimate of drug-likeness (QED) is 0.677. The minimum Gasteiger partial charge on any atom is -0.449 e. The van der Waals surface area contributed by atoms with Crippen molar-refractivity contribution in [3.05, 3.63) is 62.1 Å². The van der Waals surface area contributed by atoms with Crippen molar-refractivity contribution in [2.75, 3.05) is 0 Å². The zero-order valence-electron chi connectivity index (χ0n) is 10.7. The fourth-order valence-electron chi connectivity index (χ4n) is 1.70. The van der Waals surface area contributed by atoms with Crippen LogP contribution >= 0.6 is 15.9 Å². The summed E-state index contributed by atoms with van der Waals surface area (Å²) in [6.07, 6.45) is 0. The molecule has 104 valence electrons. The Bertz CT molecular complexity index is 658. The van der Waals surface area contributed by atoms with Crippen molar-refractivity contribution >= 4 is 21.6 Å². The number of ether oxygens (including phenoxy) is 1. The highest BCUT2D eigenvalue weighted by Gasteiger charge is 2.17. The Morgan fingerprint density at radius 3 is 2.55 bits per heavy atom. The van der Waals surface area contributed by atoms with E-state index in [1.165, 1.54) is 12.1 Å². The molecule has 0 saturated carbocycles. The SMILES string of the molecule is Cc1ccc(Oc2ccc(CO)cc2[N+](=O)[O-])c(Br)c1. The summed E-state index contributed by atoms with van der Waals surface area (Å²) in [4.78, 5) is 10.5. The summed E-state index contributed by atoms with van der Waals surface area (Å²) in [5.41, 5.74) is 1.34. The summed E-state index contributed by atoms with van der Waals surface area (Å²) in [5.74, 6) is 0.632. The minimum absolute atomic E-state index is 0.136. The Morgan fingerprint density at radius 2 is 1.95 bits per heavy atom. The normalized spacial score (nSPS) is 10.3. The Balaban J connectivity index is 2.40. The van der Waals surface area contributed by atoms with Crippen molar-refractivity contribution < 1.29 is 14.8 Å². The van der Waals surface area contributed by atoms with Gasteiger partial charge in [-0.3, -0.25) is 10.1 Å². The van der Waals surface area contributed by atoms with E-state index in [9.17, 15) is 10.1 Å². The fourth-order valence-corrected chi connectivity index (χ4v) is 2.27. The van der Waals surface area contributed by atoms with Crippen LogP contribution in [0.3, 0.4) is 0 Å². The molecule has 0 amide bonds. The molecule has 2 aromatic carbocycles.